The average molecular weight is 425 g/mol. The van der Waals surface area contributed by atoms with Crippen LogP contribution < -0.4 is 14.8 Å². The fraction of sp³-hybridized carbons (Fsp3) is 0.421. The Labute approximate surface area is 169 Å². The molecular weight excluding hydrogens is 400 g/mol. The zero-order valence-corrected chi connectivity index (χ0v) is 17.5. The molecule has 9 heteroatoms. The van der Waals surface area contributed by atoms with E-state index >= 15 is 0 Å². The van der Waals surface area contributed by atoms with E-state index in [4.69, 9.17) is 9.47 Å². The van der Waals surface area contributed by atoms with E-state index in [-0.39, 0.29) is 11.8 Å². The number of carbonyl (C=O) groups is 1. The normalized spacial score (nSPS) is 15.9. The van der Waals surface area contributed by atoms with Gasteiger partial charge in [-0.1, -0.05) is 18.2 Å². The van der Waals surface area contributed by atoms with E-state index < -0.39 is 10.0 Å². The van der Waals surface area contributed by atoms with Crippen LogP contribution in [0.1, 0.15) is 18.4 Å². The molecule has 152 valence electrons. The second-order valence-corrected chi connectivity index (χ2v) is 9.59. The molecule has 1 amide bonds. The number of methoxy groups -OCH3 is 2. The fourth-order valence-electron chi connectivity index (χ4n) is 3.32. The van der Waals surface area contributed by atoms with Crippen LogP contribution in [0.5, 0.6) is 11.5 Å². The van der Waals surface area contributed by atoms with Gasteiger partial charge in [0.05, 0.1) is 14.2 Å². The Morgan fingerprint density at radius 3 is 2.54 bits per heavy atom. The Morgan fingerprint density at radius 2 is 1.93 bits per heavy atom. The van der Waals surface area contributed by atoms with E-state index in [1.165, 1.54) is 15.6 Å². The number of rotatable bonds is 7. The van der Waals surface area contributed by atoms with Gasteiger partial charge in [0.15, 0.2) is 11.5 Å². The summed E-state index contributed by atoms with van der Waals surface area (Å²) in [6.07, 6.45) is 1.01. The molecule has 1 aliphatic rings. The molecule has 0 unspecified atom stereocenters. The molecule has 28 heavy (non-hydrogen) atoms. The van der Waals surface area contributed by atoms with Gasteiger partial charge in [-0.3, -0.25) is 4.79 Å². The molecule has 0 aliphatic carbocycles. The van der Waals surface area contributed by atoms with Gasteiger partial charge in [-0.05, 0) is 30.4 Å². The third kappa shape index (κ3) is 4.31. The Morgan fingerprint density at radius 1 is 1.18 bits per heavy atom. The van der Waals surface area contributed by atoms with Crippen molar-refractivity contribution in [3.63, 3.8) is 0 Å². The maximum absolute atomic E-state index is 12.6. The molecule has 0 bridgehead atoms. The Balaban J connectivity index is 1.56. The molecule has 2 heterocycles. The van der Waals surface area contributed by atoms with Gasteiger partial charge in [-0.15, -0.1) is 11.3 Å². The molecule has 3 rings (SSSR count). The van der Waals surface area contributed by atoms with Gasteiger partial charge >= 0.3 is 0 Å². The predicted molar refractivity (Wildman–Crippen MR) is 107 cm³/mol. The topological polar surface area (TPSA) is 84.9 Å². The Kier molecular flexibility index (Phi) is 6.58. The first kappa shape index (κ1) is 20.6. The van der Waals surface area contributed by atoms with Crippen LogP contribution in [-0.2, 0) is 21.4 Å². The monoisotopic (exact) mass is 424 g/mol. The number of para-hydroxylation sites is 1. The summed E-state index contributed by atoms with van der Waals surface area (Å²) >= 11 is 1.21. The lowest BCUT2D eigenvalue weighted by molar-refractivity contribution is -0.126. The minimum Gasteiger partial charge on any atom is -0.493 e. The lowest BCUT2D eigenvalue weighted by Crippen LogP contribution is -2.42. The number of amides is 1. The Hall–Kier alpha value is -2.10. The van der Waals surface area contributed by atoms with Crippen LogP contribution in [0.3, 0.4) is 0 Å². The number of carbonyl (C=O) groups excluding carboxylic acids is 1. The van der Waals surface area contributed by atoms with Crippen molar-refractivity contribution in [1.29, 1.82) is 0 Å². The molecule has 1 N–H and O–H groups in total. The highest BCUT2D eigenvalue weighted by molar-refractivity contribution is 7.91. The van der Waals surface area contributed by atoms with Crippen LogP contribution in [0.2, 0.25) is 0 Å². The highest BCUT2D eigenvalue weighted by atomic mass is 32.2. The van der Waals surface area contributed by atoms with E-state index in [1.807, 2.05) is 12.1 Å². The molecule has 1 aliphatic heterocycles. The van der Waals surface area contributed by atoms with E-state index in [9.17, 15) is 13.2 Å². The summed E-state index contributed by atoms with van der Waals surface area (Å²) in [5, 5.41) is 4.69. The van der Waals surface area contributed by atoms with Gasteiger partial charge in [0.25, 0.3) is 10.0 Å². The molecule has 1 fully saturated rings. The van der Waals surface area contributed by atoms with Gasteiger partial charge in [0.1, 0.15) is 4.21 Å². The second-order valence-electron chi connectivity index (χ2n) is 6.48. The molecule has 0 atom stereocenters. The van der Waals surface area contributed by atoms with Crippen molar-refractivity contribution >= 4 is 27.3 Å². The van der Waals surface area contributed by atoms with E-state index in [0.717, 1.165) is 5.56 Å². The number of nitrogens with one attached hydrogen (secondary N) is 1. The van der Waals surface area contributed by atoms with Crippen molar-refractivity contribution in [3.05, 3.63) is 41.3 Å². The summed E-state index contributed by atoms with van der Waals surface area (Å²) in [7, 11) is -0.320. The van der Waals surface area contributed by atoms with Gasteiger partial charge in [-0.25, -0.2) is 8.42 Å². The number of hydrogen-bond acceptors (Lipinski definition) is 6. The minimum absolute atomic E-state index is 0.0713. The number of hydrogen-bond donors (Lipinski definition) is 1. The number of benzene rings is 1. The molecular formula is C19H24N2O5S2. The Bertz CT molecular complexity index is 904. The molecule has 1 saturated heterocycles. The summed E-state index contributed by atoms with van der Waals surface area (Å²) in [6.45, 7) is 1.02. The smallest absolute Gasteiger partial charge is 0.252 e. The quantitative estimate of drug-likeness (QED) is 0.738. The molecule has 0 saturated carbocycles. The number of ether oxygens (including phenoxy) is 2. The second kappa shape index (κ2) is 8.93. The third-order valence-electron chi connectivity index (χ3n) is 4.85. The van der Waals surface area contributed by atoms with Crippen molar-refractivity contribution in [2.75, 3.05) is 27.3 Å². The number of nitrogens with zero attached hydrogens (tertiary/aromatic N) is 1. The largest absolute Gasteiger partial charge is 0.493 e. The van der Waals surface area contributed by atoms with Crippen LogP contribution in [0.15, 0.2) is 39.9 Å². The third-order valence-corrected chi connectivity index (χ3v) is 8.12. The van der Waals surface area contributed by atoms with E-state index in [2.05, 4.69) is 5.32 Å². The standard InChI is InChI=1S/C19H24N2O5S2/c1-25-16-6-3-5-15(18(16)26-2)13-20-19(22)14-8-10-21(11-9-14)28(23,24)17-7-4-12-27-17/h3-7,12,14H,8-11,13H2,1-2H3,(H,20,22). The van der Waals surface area contributed by atoms with Crippen molar-refractivity contribution in [2.45, 2.75) is 23.6 Å². The van der Waals surface area contributed by atoms with Gasteiger partial charge in [0.2, 0.25) is 5.91 Å². The highest BCUT2D eigenvalue weighted by Crippen LogP contribution is 2.31. The SMILES string of the molecule is COc1cccc(CNC(=O)C2CCN(S(=O)(=O)c3cccs3)CC2)c1OC. The maximum Gasteiger partial charge on any atom is 0.252 e. The molecule has 1 aromatic heterocycles. The fourth-order valence-corrected chi connectivity index (χ4v) is 5.93. The van der Waals surface area contributed by atoms with Crippen LogP contribution in [-0.4, -0.2) is 45.9 Å². The number of thiophene rings is 1. The van der Waals surface area contributed by atoms with E-state index in [0.29, 0.717) is 48.2 Å². The van der Waals surface area contributed by atoms with Gasteiger partial charge in [0, 0.05) is 31.1 Å². The number of piperidine rings is 1. The molecule has 1 aromatic carbocycles. The van der Waals surface area contributed by atoms with Crippen LogP contribution >= 0.6 is 11.3 Å². The zero-order valence-electron chi connectivity index (χ0n) is 15.9. The molecule has 0 spiro atoms. The maximum atomic E-state index is 12.6. The summed E-state index contributed by atoms with van der Waals surface area (Å²) in [5.41, 5.74) is 0.827. The lowest BCUT2D eigenvalue weighted by atomic mass is 9.97. The first-order valence-electron chi connectivity index (χ1n) is 8.98. The first-order chi connectivity index (χ1) is 13.5. The van der Waals surface area contributed by atoms with Crippen LogP contribution in [0.4, 0.5) is 0 Å². The van der Waals surface area contributed by atoms with Gasteiger partial charge < -0.3 is 14.8 Å². The van der Waals surface area contributed by atoms with Gasteiger partial charge in [-0.2, -0.15) is 4.31 Å². The minimum atomic E-state index is -3.45. The summed E-state index contributed by atoms with van der Waals surface area (Å²) in [5.74, 6) is 0.938. The summed E-state index contributed by atoms with van der Waals surface area (Å²) < 4.78 is 37.6. The lowest BCUT2D eigenvalue weighted by Gasteiger charge is -2.30. The average Bonchev–Trinajstić information content (AvgIpc) is 3.27. The van der Waals surface area contributed by atoms with Crippen LogP contribution in [0.25, 0.3) is 0 Å². The molecule has 7 nitrogen and oxygen atoms in total. The van der Waals surface area contributed by atoms with Crippen molar-refractivity contribution in [2.24, 2.45) is 5.92 Å². The summed E-state index contributed by atoms with van der Waals surface area (Å²) in [4.78, 5) is 12.6. The summed E-state index contributed by atoms with van der Waals surface area (Å²) in [6, 6.07) is 8.85. The van der Waals surface area contributed by atoms with E-state index in [1.54, 1.807) is 37.8 Å². The van der Waals surface area contributed by atoms with Crippen molar-refractivity contribution < 1.29 is 22.7 Å². The highest BCUT2D eigenvalue weighted by Gasteiger charge is 2.32. The van der Waals surface area contributed by atoms with Crippen molar-refractivity contribution in [1.82, 2.24) is 9.62 Å². The van der Waals surface area contributed by atoms with Crippen LogP contribution in [0, 0.1) is 5.92 Å². The first-order valence-corrected chi connectivity index (χ1v) is 11.3. The molecule has 2 aromatic rings. The number of sulfonamides is 1. The molecule has 0 radical (unpaired) electrons. The zero-order chi connectivity index (χ0) is 20.1. The predicted octanol–water partition coefficient (Wildman–Crippen LogP) is 2.48. The van der Waals surface area contributed by atoms with Crippen molar-refractivity contribution in [3.8, 4) is 11.5 Å².